The Kier molecular flexibility index (Phi) is 8.08. The van der Waals surface area contributed by atoms with E-state index in [0.29, 0.717) is 16.6 Å². The van der Waals surface area contributed by atoms with Gasteiger partial charge in [0.1, 0.15) is 11.5 Å². The molecule has 1 aliphatic rings. The van der Waals surface area contributed by atoms with Crippen LogP contribution in [0, 0.1) is 5.41 Å². The molecular formula is C31H27F6N3O3. The molecule has 4 aromatic rings. The first-order valence-corrected chi connectivity index (χ1v) is 13.5. The largest absolute Gasteiger partial charge is 0.480 e. The number of rotatable bonds is 7. The third-order valence-electron chi connectivity index (χ3n) is 8.06. The number of amides is 1. The number of fused-ring (bicyclic) bond motifs is 2. The molecule has 0 radical (unpaired) electrons. The molecule has 226 valence electrons. The number of piperidine rings is 1. The van der Waals surface area contributed by atoms with Crippen molar-refractivity contribution in [2.75, 3.05) is 19.6 Å². The standard InChI is InChI=1S/C31H27F6N3O3/c32-30(33,34)18-40-15-12-29(13-16-40,31(35,36)37)28(43)39-25(27(41)42)17-20-6-3-9-23-21(20)8-4-10-24(23)26-22-7-2-1-5-19(22)11-14-38-26/h1-11,14,25H,12-13,15-18H2,(H,39,43)(H,41,42)/t25-/m0/s1. The molecule has 1 amide bonds. The second-order valence-electron chi connectivity index (χ2n) is 10.7. The van der Waals surface area contributed by atoms with Crippen molar-refractivity contribution >= 4 is 33.4 Å². The van der Waals surface area contributed by atoms with Crippen LogP contribution in [-0.4, -0.2) is 64.9 Å². The molecule has 1 aromatic heterocycles. The highest BCUT2D eigenvalue weighted by Crippen LogP contribution is 2.47. The van der Waals surface area contributed by atoms with E-state index in [0.717, 1.165) is 26.6 Å². The zero-order chi connectivity index (χ0) is 31.0. The Labute approximate surface area is 242 Å². The van der Waals surface area contributed by atoms with Gasteiger partial charge in [-0.25, -0.2) is 4.79 Å². The van der Waals surface area contributed by atoms with Crippen molar-refractivity contribution in [2.24, 2.45) is 5.41 Å². The highest BCUT2D eigenvalue weighted by molar-refractivity contribution is 6.04. The van der Waals surface area contributed by atoms with Crippen LogP contribution in [-0.2, 0) is 16.0 Å². The third-order valence-corrected chi connectivity index (χ3v) is 8.06. The Morgan fingerprint density at radius 3 is 2.21 bits per heavy atom. The van der Waals surface area contributed by atoms with Crippen LogP contribution in [0.5, 0.6) is 0 Å². The first-order valence-electron chi connectivity index (χ1n) is 13.5. The van der Waals surface area contributed by atoms with Gasteiger partial charge in [-0.2, -0.15) is 26.3 Å². The van der Waals surface area contributed by atoms with Crippen molar-refractivity contribution in [2.45, 2.75) is 37.7 Å². The van der Waals surface area contributed by atoms with Crippen LogP contribution < -0.4 is 5.32 Å². The SMILES string of the molecule is O=C(O)[C@H](Cc1cccc2c(-c3nccc4ccccc34)cccc12)NC(=O)C1(C(F)(F)F)CCN(CC(F)(F)F)CC1. The number of pyridine rings is 1. The van der Waals surface area contributed by atoms with E-state index < -0.39 is 68.2 Å². The number of nitrogens with zero attached hydrogens (tertiary/aromatic N) is 2. The van der Waals surface area contributed by atoms with Gasteiger partial charge in [0.15, 0.2) is 0 Å². The summed E-state index contributed by atoms with van der Waals surface area (Å²) < 4.78 is 81.1. The Hall–Kier alpha value is -4.19. The van der Waals surface area contributed by atoms with Crippen LogP contribution in [0.3, 0.4) is 0 Å². The van der Waals surface area contributed by atoms with Gasteiger partial charge in [0.05, 0.1) is 12.2 Å². The predicted molar refractivity (Wildman–Crippen MR) is 148 cm³/mol. The number of aliphatic carboxylic acids is 1. The summed E-state index contributed by atoms with van der Waals surface area (Å²) in [5.74, 6) is -3.09. The fourth-order valence-corrected chi connectivity index (χ4v) is 5.80. The first-order chi connectivity index (χ1) is 20.3. The lowest BCUT2D eigenvalue weighted by Crippen LogP contribution is -2.59. The van der Waals surface area contributed by atoms with Gasteiger partial charge in [-0.3, -0.25) is 14.7 Å². The number of aromatic nitrogens is 1. The summed E-state index contributed by atoms with van der Waals surface area (Å²) in [5.41, 5.74) is -1.05. The van der Waals surface area contributed by atoms with Crippen molar-refractivity contribution in [1.29, 1.82) is 0 Å². The van der Waals surface area contributed by atoms with Crippen LogP contribution in [0.1, 0.15) is 18.4 Å². The Morgan fingerprint density at radius 1 is 0.884 bits per heavy atom. The topological polar surface area (TPSA) is 82.5 Å². The molecule has 2 heterocycles. The number of carboxylic acids is 1. The normalized spacial score (nSPS) is 16.7. The van der Waals surface area contributed by atoms with Gasteiger partial charge in [-0.05, 0) is 53.7 Å². The van der Waals surface area contributed by atoms with Gasteiger partial charge in [-0.1, -0.05) is 60.7 Å². The van der Waals surface area contributed by atoms with E-state index in [1.807, 2.05) is 42.5 Å². The lowest BCUT2D eigenvalue weighted by molar-refractivity contribution is -0.236. The molecule has 1 atom stereocenters. The molecule has 43 heavy (non-hydrogen) atoms. The lowest BCUT2D eigenvalue weighted by Gasteiger charge is -2.42. The number of alkyl halides is 6. The summed E-state index contributed by atoms with van der Waals surface area (Å²) in [6, 6.07) is 18.4. The lowest BCUT2D eigenvalue weighted by atomic mass is 9.76. The molecule has 12 heteroatoms. The summed E-state index contributed by atoms with van der Waals surface area (Å²) in [7, 11) is 0. The second kappa shape index (κ2) is 11.5. The van der Waals surface area contributed by atoms with Gasteiger partial charge in [0.25, 0.3) is 0 Å². The summed E-state index contributed by atoms with van der Waals surface area (Å²) in [4.78, 5) is 30.7. The molecule has 1 aliphatic heterocycles. The molecular weight excluding hydrogens is 576 g/mol. The molecule has 2 N–H and O–H groups in total. The Balaban J connectivity index is 1.43. The zero-order valence-electron chi connectivity index (χ0n) is 22.7. The predicted octanol–water partition coefficient (Wildman–Crippen LogP) is 6.37. The smallest absolute Gasteiger partial charge is 0.403 e. The van der Waals surface area contributed by atoms with E-state index in [1.165, 1.54) is 0 Å². The van der Waals surface area contributed by atoms with E-state index in [2.05, 4.69) is 10.3 Å². The fourth-order valence-electron chi connectivity index (χ4n) is 5.80. The van der Waals surface area contributed by atoms with E-state index >= 15 is 0 Å². The number of hydrogen-bond donors (Lipinski definition) is 2. The number of benzene rings is 3. The van der Waals surface area contributed by atoms with Crippen LogP contribution in [0.2, 0.25) is 0 Å². The minimum Gasteiger partial charge on any atom is -0.480 e. The molecule has 0 spiro atoms. The maximum Gasteiger partial charge on any atom is 0.403 e. The van der Waals surface area contributed by atoms with Crippen molar-refractivity contribution < 1.29 is 41.0 Å². The van der Waals surface area contributed by atoms with Gasteiger partial charge in [-0.15, -0.1) is 0 Å². The maximum absolute atomic E-state index is 14.3. The Bertz CT molecular complexity index is 1660. The summed E-state index contributed by atoms with van der Waals surface area (Å²) in [5, 5.41) is 15.2. The molecule has 0 aliphatic carbocycles. The molecule has 3 aromatic carbocycles. The van der Waals surface area contributed by atoms with Crippen molar-refractivity contribution in [3.8, 4) is 11.3 Å². The fraction of sp³-hybridized carbons (Fsp3) is 0.323. The van der Waals surface area contributed by atoms with Gasteiger partial charge >= 0.3 is 18.3 Å². The van der Waals surface area contributed by atoms with Crippen molar-refractivity contribution in [1.82, 2.24) is 15.2 Å². The van der Waals surface area contributed by atoms with Gasteiger partial charge in [0, 0.05) is 23.6 Å². The molecule has 1 fully saturated rings. The maximum atomic E-state index is 14.3. The molecule has 0 bridgehead atoms. The number of halogens is 6. The van der Waals surface area contributed by atoms with Crippen LogP contribution >= 0.6 is 0 Å². The molecule has 5 rings (SSSR count). The van der Waals surface area contributed by atoms with E-state index in [-0.39, 0.29) is 6.42 Å². The summed E-state index contributed by atoms with van der Waals surface area (Å²) >= 11 is 0. The number of carbonyl (C=O) groups is 2. The van der Waals surface area contributed by atoms with Crippen molar-refractivity contribution in [3.63, 3.8) is 0 Å². The molecule has 0 unspecified atom stereocenters. The van der Waals surface area contributed by atoms with E-state index in [9.17, 15) is 41.0 Å². The van der Waals surface area contributed by atoms with Crippen LogP contribution in [0.15, 0.2) is 72.9 Å². The minimum atomic E-state index is -5.09. The molecule has 6 nitrogen and oxygen atoms in total. The third kappa shape index (κ3) is 6.15. The van der Waals surface area contributed by atoms with Gasteiger partial charge in [0.2, 0.25) is 5.91 Å². The average Bonchev–Trinajstić information content (AvgIpc) is 2.95. The monoisotopic (exact) mass is 603 g/mol. The number of likely N-dealkylation sites (tertiary alicyclic amines) is 1. The van der Waals surface area contributed by atoms with Crippen LogP contribution in [0.4, 0.5) is 26.3 Å². The van der Waals surface area contributed by atoms with Crippen LogP contribution in [0.25, 0.3) is 32.8 Å². The number of carboxylic acid groups (broad SMARTS) is 1. The first kappa shape index (κ1) is 30.3. The van der Waals surface area contributed by atoms with Gasteiger partial charge < -0.3 is 10.4 Å². The number of carbonyl (C=O) groups excluding carboxylic acids is 1. The van der Waals surface area contributed by atoms with E-state index in [1.54, 1.807) is 30.5 Å². The van der Waals surface area contributed by atoms with Crippen molar-refractivity contribution in [3.05, 3.63) is 78.5 Å². The quantitative estimate of drug-likeness (QED) is 0.240. The highest BCUT2D eigenvalue weighted by Gasteiger charge is 2.61. The minimum absolute atomic E-state index is 0.320. The average molecular weight is 604 g/mol. The Morgan fingerprint density at radius 2 is 1.53 bits per heavy atom. The summed E-state index contributed by atoms with van der Waals surface area (Å²) in [6.07, 6.45) is -10.2. The highest BCUT2D eigenvalue weighted by atomic mass is 19.4. The molecule has 1 saturated heterocycles. The van der Waals surface area contributed by atoms with E-state index in [4.69, 9.17) is 0 Å². The number of hydrogen-bond acceptors (Lipinski definition) is 4. The zero-order valence-corrected chi connectivity index (χ0v) is 22.7. The summed E-state index contributed by atoms with van der Waals surface area (Å²) in [6.45, 7) is -2.62. The number of nitrogens with one attached hydrogen (secondary N) is 1. The molecule has 0 saturated carbocycles. The second-order valence-corrected chi connectivity index (χ2v) is 10.7.